The van der Waals surface area contributed by atoms with E-state index in [-0.39, 0.29) is 5.82 Å². The first-order valence-electron chi connectivity index (χ1n) is 4.85. The molecule has 0 spiro atoms. The lowest BCUT2D eigenvalue weighted by Crippen LogP contribution is -1.96. The van der Waals surface area contributed by atoms with Crippen molar-refractivity contribution < 1.29 is 4.39 Å². The van der Waals surface area contributed by atoms with Gasteiger partial charge >= 0.3 is 0 Å². The molecule has 0 aliphatic rings. The second-order valence-corrected chi connectivity index (χ2v) is 3.38. The summed E-state index contributed by atoms with van der Waals surface area (Å²) in [6.07, 6.45) is 0. The molecular weight excluding hydrogens is 189 g/mol. The Hall–Kier alpha value is -1.67. The SMILES string of the molecule is NCc1cccc(-c2ccccc2F)c1. The van der Waals surface area contributed by atoms with Gasteiger partial charge in [-0.1, -0.05) is 36.4 Å². The van der Waals surface area contributed by atoms with Crippen LogP contribution >= 0.6 is 0 Å². The second kappa shape index (κ2) is 4.24. The molecule has 0 atom stereocenters. The number of nitrogens with two attached hydrogens (primary N) is 1. The molecule has 0 saturated carbocycles. The summed E-state index contributed by atoms with van der Waals surface area (Å²) >= 11 is 0. The van der Waals surface area contributed by atoms with Crippen LogP contribution in [0, 0.1) is 5.82 Å². The maximum atomic E-state index is 13.5. The monoisotopic (exact) mass is 201 g/mol. The predicted octanol–water partition coefficient (Wildman–Crippen LogP) is 2.95. The van der Waals surface area contributed by atoms with Crippen LogP contribution in [0.15, 0.2) is 48.5 Å². The Labute approximate surface area is 88.4 Å². The van der Waals surface area contributed by atoms with Crippen LogP contribution in [0.1, 0.15) is 5.56 Å². The molecule has 0 aliphatic carbocycles. The fourth-order valence-corrected chi connectivity index (χ4v) is 1.56. The van der Waals surface area contributed by atoms with E-state index in [9.17, 15) is 4.39 Å². The lowest BCUT2D eigenvalue weighted by Gasteiger charge is -2.04. The Kier molecular flexibility index (Phi) is 2.79. The molecule has 2 aromatic rings. The summed E-state index contributed by atoms with van der Waals surface area (Å²) in [6, 6.07) is 14.4. The molecule has 2 heteroatoms. The van der Waals surface area contributed by atoms with Gasteiger partial charge in [-0.05, 0) is 23.3 Å². The van der Waals surface area contributed by atoms with E-state index < -0.39 is 0 Å². The van der Waals surface area contributed by atoms with Crippen LogP contribution in [0.2, 0.25) is 0 Å². The van der Waals surface area contributed by atoms with Gasteiger partial charge in [0.25, 0.3) is 0 Å². The summed E-state index contributed by atoms with van der Waals surface area (Å²) in [5, 5.41) is 0. The van der Waals surface area contributed by atoms with E-state index in [0.29, 0.717) is 12.1 Å². The Morgan fingerprint density at radius 2 is 1.80 bits per heavy atom. The summed E-state index contributed by atoms with van der Waals surface area (Å²) < 4.78 is 13.5. The van der Waals surface area contributed by atoms with Gasteiger partial charge in [0.2, 0.25) is 0 Å². The standard InChI is InChI=1S/C13H12FN/c14-13-7-2-1-6-12(13)11-5-3-4-10(8-11)9-15/h1-8H,9,15H2. The third kappa shape index (κ3) is 2.05. The van der Waals surface area contributed by atoms with Crippen molar-refractivity contribution in [2.45, 2.75) is 6.54 Å². The van der Waals surface area contributed by atoms with Gasteiger partial charge in [0.15, 0.2) is 0 Å². The molecule has 0 heterocycles. The molecule has 0 aliphatic heterocycles. The number of benzene rings is 2. The van der Waals surface area contributed by atoms with Crippen molar-refractivity contribution in [3.05, 3.63) is 59.9 Å². The van der Waals surface area contributed by atoms with Crippen LogP contribution in [0.25, 0.3) is 11.1 Å². The van der Waals surface area contributed by atoms with Crippen molar-refractivity contribution in [2.75, 3.05) is 0 Å². The maximum absolute atomic E-state index is 13.5. The first-order valence-corrected chi connectivity index (χ1v) is 4.85. The van der Waals surface area contributed by atoms with E-state index in [4.69, 9.17) is 5.73 Å². The van der Waals surface area contributed by atoms with Gasteiger partial charge in [-0.3, -0.25) is 0 Å². The summed E-state index contributed by atoms with van der Waals surface area (Å²) in [6.45, 7) is 0.474. The molecule has 0 bridgehead atoms. The maximum Gasteiger partial charge on any atom is 0.131 e. The fourth-order valence-electron chi connectivity index (χ4n) is 1.56. The highest BCUT2D eigenvalue weighted by Gasteiger charge is 2.03. The first kappa shape index (κ1) is 9.87. The Morgan fingerprint density at radius 1 is 1.00 bits per heavy atom. The van der Waals surface area contributed by atoms with Crippen molar-refractivity contribution in [1.82, 2.24) is 0 Å². The Balaban J connectivity index is 2.49. The van der Waals surface area contributed by atoms with E-state index in [0.717, 1.165) is 11.1 Å². The number of hydrogen-bond acceptors (Lipinski definition) is 1. The van der Waals surface area contributed by atoms with Gasteiger partial charge in [0, 0.05) is 12.1 Å². The van der Waals surface area contributed by atoms with E-state index >= 15 is 0 Å². The lowest BCUT2D eigenvalue weighted by atomic mass is 10.0. The van der Waals surface area contributed by atoms with Gasteiger partial charge in [0.05, 0.1) is 0 Å². The van der Waals surface area contributed by atoms with Crippen LogP contribution in [-0.2, 0) is 6.54 Å². The van der Waals surface area contributed by atoms with Gasteiger partial charge in [-0.25, -0.2) is 4.39 Å². The van der Waals surface area contributed by atoms with E-state index in [2.05, 4.69) is 0 Å². The number of rotatable bonds is 2. The molecule has 0 amide bonds. The zero-order valence-corrected chi connectivity index (χ0v) is 8.28. The predicted molar refractivity (Wildman–Crippen MR) is 59.7 cm³/mol. The molecule has 0 unspecified atom stereocenters. The topological polar surface area (TPSA) is 26.0 Å². The molecule has 2 aromatic carbocycles. The zero-order valence-electron chi connectivity index (χ0n) is 8.28. The van der Waals surface area contributed by atoms with Crippen LogP contribution in [0.5, 0.6) is 0 Å². The third-order valence-corrected chi connectivity index (χ3v) is 2.35. The molecule has 2 rings (SSSR count). The Morgan fingerprint density at radius 3 is 2.53 bits per heavy atom. The molecule has 76 valence electrons. The van der Waals surface area contributed by atoms with Gasteiger partial charge in [-0.15, -0.1) is 0 Å². The second-order valence-electron chi connectivity index (χ2n) is 3.38. The van der Waals surface area contributed by atoms with Crippen LogP contribution in [0.3, 0.4) is 0 Å². The number of hydrogen-bond donors (Lipinski definition) is 1. The van der Waals surface area contributed by atoms with Crippen LogP contribution in [0.4, 0.5) is 4.39 Å². The van der Waals surface area contributed by atoms with Crippen molar-refractivity contribution in [2.24, 2.45) is 5.73 Å². The van der Waals surface area contributed by atoms with Crippen molar-refractivity contribution in [3.63, 3.8) is 0 Å². The molecule has 15 heavy (non-hydrogen) atoms. The number of halogens is 1. The molecule has 1 nitrogen and oxygen atoms in total. The summed E-state index contributed by atoms with van der Waals surface area (Å²) in [5.41, 5.74) is 8.04. The van der Waals surface area contributed by atoms with E-state index in [1.54, 1.807) is 12.1 Å². The van der Waals surface area contributed by atoms with Crippen LogP contribution < -0.4 is 5.73 Å². The highest BCUT2D eigenvalue weighted by molar-refractivity contribution is 5.64. The fraction of sp³-hybridized carbons (Fsp3) is 0.0769. The van der Waals surface area contributed by atoms with E-state index in [1.165, 1.54) is 6.07 Å². The van der Waals surface area contributed by atoms with Gasteiger partial charge < -0.3 is 5.73 Å². The normalized spacial score (nSPS) is 10.3. The largest absolute Gasteiger partial charge is 0.326 e. The molecule has 0 saturated heterocycles. The average molecular weight is 201 g/mol. The zero-order chi connectivity index (χ0) is 10.7. The van der Waals surface area contributed by atoms with Crippen LogP contribution in [-0.4, -0.2) is 0 Å². The smallest absolute Gasteiger partial charge is 0.131 e. The van der Waals surface area contributed by atoms with Gasteiger partial charge in [-0.2, -0.15) is 0 Å². The highest BCUT2D eigenvalue weighted by Crippen LogP contribution is 2.22. The average Bonchev–Trinajstić information content (AvgIpc) is 2.30. The third-order valence-electron chi connectivity index (χ3n) is 2.35. The van der Waals surface area contributed by atoms with Crippen molar-refractivity contribution in [1.29, 1.82) is 0 Å². The minimum atomic E-state index is -0.202. The highest BCUT2D eigenvalue weighted by atomic mass is 19.1. The van der Waals surface area contributed by atoms with Crippen molar-refractivity contribution >= 4 is 0 Å². The molecular formula is C13H12FN. The Bertz CT molecular complexity index is 466. The molecule has 0 radical (unpaired) electrons. The molecule has 0 fully saturated rings. The first-order chi connectivity index (χ1) is 7.31. The lowest BCUT2D eigenvalue weighted by molar-refractivity contribution is 0.631. The quantitative estimate of drug-likeness (QED) is 0.794. The molecule has 0 aromatic heterocycles. The minimum absolute atomic E-state index is 0.202. The summed E-state index contributed by atoms with van der Waals surface area (Å²) in [7, 11) is 0. The van der Waals surface area contributed by atoms with Crippen molar-refractivity contribution in [3.8, 4) is 11.1 Å². The summed E-state index contributed by atoms with van der Waals surface area (Å²) in [5.74, 6) is -0.202. The summed E-state index contributed by atoms with van der Waals surface area (Å²) in [4.78, 5) is 0. The minimum Gasteiger partial charge on any atom is -0.326 e. The molecule has 2 N–H and O–H groups in total. The van der Waals surface area contributed by atoms with E-state index in [1.807, 2.05) is 30.3 Å². The van der Waals surface area contributed by atoms with Gasteiger partial charge in [0.1, 0.15) is 5.82 Å².